The molecule has 0 aliphatic rings. The zero-order valence-corrected chi connectivity index (χ0v) is 47.5. The molecule has 74 heavy (non-hydrogen) atoms. The highest BCUT2D eigenvalue weighted by atomic mass is 16.6. The Kier molecular flexibility index (Phi) is 57.0. The highest BCUT2D eigenvalue weighted by Crippen LogP contribution is 2.14. The summed E-state index contributed by atoms with van der Waals surface area (Å²) in [5, 5.41) is 0. The molecule has 6 nitrogen and oxygen atoms in total. The fourth-order valence-corrected chi connectivity index (χ4v) is 7.65. The number of ether oxygens (including phenoxy) is 3. The van der Waals surface area contributed by atoms with E-state index in [1.165, 1.54) is 25.7 Å². The Balaban J connectivity index is 4.38. The van der Waals surface area contributed by atoms with Crippen LogP contribution in [0.5, 0.6) is 0 Å². The summed E-state index contributed by atoms with van der Waals surface area (Å²) in [5.74, 6) is -0.950. The number of esters is 3. The van der Waals surface area contributed by atoms with Gasteiger partial charge >= 0.3 is 17.9 Å². The van der Waals surface area contributed by atoms with E-state index in [9.17, 15) is 14.4 Å². The number of carbonyl (C=O) groups is 3. The van der Waals surface area contributed by atoms with Crippen molar-refractivity contribution in [3.05, 3.63) is 146 Å². The monoisotopic (exact) mass is 1020 g/mol. The normalized spacial score (nSPS) is 13.2. The first kappa shape index (κ1) is 69.3. The van der Waals surface area contributed by atoms with Crippen molar-refractivity contribution in [3.8, 4) is 0 Å². The second-order valence-electron chi connectivity index (χ2n) is 19.1. The Hall–Kier alpha value is -4.71. The van der Waals surface area contributed by atoms with Crippen LogP contribution in [0.4, 0.5) is 0 Å². The molecule has 6 heteroatoms. The van der Waals surface area contributed by atoms with Crippen LogP contribution < -0.4 is 0 Å². The van der Waals surface area contributed by atoms with Crippen LogP contribution in [0, 0.1) is 0 Å². The summed E-state index contributed by atoms with van der Waals surface area (Å²) in [4.78, 5) is 38.1. The molecule has 0 aromatic rings. The summed E-state index contributed by atoms with van der Waals surface area (Å²) < 4.78 is 16.8. The van der Waals surface area contributed by atoms with Gasteiger partial charge in [0.1, 0.15) is 13.2 Å². The van der Waals surface area contributed by atoms with Gasteiger partial charge in [-0.3, -0.25) is 14.4 Å². The molecule has 0 bridgehead atoms. The standard InChI is InChI=1S/C68H108O6/c1-4-7-10-13-16-19-22-24-26-28-30-31-32-33-34-35-36-37-39-40-42-44-46-49-52-55-58-61-67(70)73-64-65(63-72-66(69)60-57-54-51-48-21-18-15-12-9-6-3)74-68(71)62-59-56-53-50-47-45-43-41-38-29-27-25-23-20-17-14-11-8-5-2/h7-8,10-12,15-17,19-20,24-27,30-31,33-34,36-38,40-42,65H,4-6,9,13-14,18,21-23,28-29,32,35,39,43-64H2,1-3H3/b10-7-,11-8-,15-12-,19-16-,20-17-,26-24-,27-25-,31-30-,34-33-,37-36-,41-38-,42-40-. The maximum absolute atomic E-state index is 12.9. The minimum absolute atomic E-state index is 0.100. The Morgan fingerprint density at radius 2 is 0.527 bits per heavy atom. The zero-order valence-electron chi connectivity index (χ0n) is 47.5. The predicted octanol–water partition coefficient (Wildman–Crippen LogP) is 20.4. The molecule has 0 aromatic carbocycles. The lowest BCUT2D eigenvalue weighted by molar-refractivity contribution is -0.167. The SMILES string of the molecule is CC/C=C\C/C=C\C/C=C\C/C=C\C/C=C\C/C=C\C/C=C\CCCCCCCC(=O)OCC(COC(=O)CCCCCCC/C=C\CCC)OC(=O)CCCCCCCC/C=C\C/C=C\C/C=C\C/C=C\CC. The fourth-order valence-electron chi connectivity index (χ4n) is 7.65. The number of carbonyl (C=O) groups excluding carboxylic acids is 3. The van der Waals surface area contributed by atoms with E-state index in [1.807, 2.05) is 0 Å². The maximum Gasteiger partial charge on any atom is 0.306 e. The summed E-state index contributed by atoms with van der Waals surface area (Å²) in [6.45, 7) is 6.30. The second-order valence-corrected chi connectivity index (χ2v) is 19.1. The molecule has 0 aliphatic carbocycles. The molecule has 1 atom stereocenters. The first-order chi connectivity index (χ1) is 36.5. The van der Waals surface area contributed by atoms with Crippen LogP contribution in [0.2, 0.25) is 0 Å². The van der Waals surface area contributed by atoms with Crippen LogP contribution in [-0.4, -0.2) is 37.2 Å². The third kappa shape index (κ3) is 58.2. The molecule has 416 valence electrons. The smallest absolute Gasteiger partial charge is 0.306 e. The van der Waals surface area contributed by atoms with E-state index in [-0.39, 0.29) is 31.1 Å². The van der Waals surface area contributed by atoms with Crippen molar-refractivity contribution in [1.29, 1.82) is 0 Å². The molecular formula is C68H108O6. The van der Waals surface area contributed by atoms with Gasteiger partial charge in [0.05, 0.1) is 0 Å². The zero-order chi connectivity index (χ0) is 53.6. The number of hydrogen-bond acceptors (Lipinski definition) is 6. The van der Waals surface area contributed by atoms with E-state index in [1.54, 1.807) is 0 Å². The molecule has 1 unspecified atom stereocenters. The highest BCUT2D eigenvalue weighted by Gasteiger charge is 2.19. The quantitative estimate of drug-likeness (QED) is 0.0261. The first-order valence-corrected chi connectivity index (χ1v) is 29.8. The summed E-state index contributed by atoms with van der Waals surface area (Å²) in [7, 11) is 0. The summed E-state index contributed by atoms with van der Waals surface area (Å²) in [6, 6.07) is 0. The van der Waals surface area contributed by atoms with Crippen molar-refractivity contribution in [2.75, 3.05) is 13.2 Å². The fraction of sp³-hybridized carbons (Fsp3) is 0.603. The van der Waals surface area contributed by atoms with Gasteiger partial charge in [-0.05, 0) is 135 Å². The van der Waals surface area contributed by atoms with Crippen molar-refractivity contribution in [2.24, 2.45) is 0 Å². The average molecular weight is 1020 g/mol. The molecule has 0 heterocycles. The van der Waals surface area contributed by atoms with E-state index in [2.05, 4.69) is 167 Å². The molecule has 0 N–H and O–H groups in total. The van der Waals surface area contributed by atoms with E-state index >= 15 is 0 Å². The van der Waals surface area contributed by atoms with Crippen molar-refractivity contribution in [1.82, 2.24) is 0 Å². The highest BCUT2D eigenvalue weighted by molar-refractivity contribution is 5.71. The van der Waals surface area contributed by atoms with Gasteiger partial charge in [-0.2, -0.15) is 0 Å². The minimum Gasteiger partial charge on any atom is -0.462 e. The molecule has 0 aromatic heterocycles. The van der Waals surface area contributed by atoms with Gasteiger partial charge in [0, 0.05) is 19.3 Å². The second kappa shape index (κ2) is 60.8. The lowest BCUT2D eigenvalue weighted by Gasteiger charge is -2.18. The van der Waals surface area contributed by atoms with Crippen LogP contribution in [-0.2, 0) is 28.6 Å². The predicted molar refractivity (Wildman–Crippen MR) is 320 cm³/mol. The molecule has 0 rings (SSSR count). The molecule has 0 fully saturated rings. The van der Waals surface area contributed by atoms with Gasteiger partial charge in [-0.15, -0.1) is 0 Å². The summed E-state index contributed by atoms with van der Waals surface area (Å²) in [5.41, 5.74) is 0. The first-order valence-electron chi connectivity index (χ1n) is 29.8. The third-order valence-electron chi connectivity index (χ3n) is 12.0. The van der Waals surface area contributed by atoms with E-state index in [0.29, 0.717) is 19.3 Å². The van der Waals surface area contributed by atoms with Crippen LogP contribution >= 0.6 is 0 Å². The van der Waals surface area contributed by atoms with Crippen LogP contribution in [0.15, 0.2) is 146 Å². The average Bonchev–Trinajstić information content (AvgIpc) is 3.40. The third-order valence-corrected chi connectivity index (χ3v) is 12.0. The van der Waals surface area contributed by atoms with Gasteiger partial charge < -0.3 is 14.2 Å². The lowest BCUT2D eigenvalue weighted by Crippen LogP contribution is -2.30. The largest absolute Gasteiger partial charge is 0.462 e. The minimum atomic E-state index is -0.804. The van der Waals surface area contributed by atoms with Crippen molar-refractivity contribution >= 4 is 17.9 Å². The van der Waals surface area contributed by atoms with Gasteiger partial charge in [0.2, 0.25) is 0 Å². The Labute approximate surface area is 455 Å². The number of hydrogen-bond donors (Lipinski definition) is 0. The van der Waals surface area contributed by atoms with Gasteiger partial charge in [-0.25, -0.2) is 0 Å². The number of unbranched alkanes of at least 4 members (excludes halogenated alkanes) is 17. The van der Waals surface area contributed by atoms with Gasteiger partial charge in [0.25, 0.3) is 0 Å². The number of allylic oxidation sites excluding steroid dienone is 24. The molecule has 0 spiro atoms. The van der Waals surface area contributed by atoms with Crippen molar-refractivity contribution in [2.45, 2.75) is 252 Å². The topological polar surface area (TPSA) is 78.9 Å². The Bertz CT molecular complexity index is 1640. The van der Waals surface area contributed by atoms with E-state index < -0.39 is 6.10 Å². The molecule has 0 radical (unpaired) electrons. The maximum atomic E-state index is 12.9. The van der Waals surface area contributed by atoms with Crippen molar-refractivity contribution in [3.63, 3.8) is 0 Å². The summed E-state index contributed by atoms with van der Waals surface area (Å²) >= 11 is 0. The van der Waals surface area contributed by atoms with Gasteiger partial charge in [-0.1, -0.05) is 237 Å². The van der Waals surface area contributed by atoms with Crippen molar-refractivity contribution < 1.29 is 28.6 Å². The Morgan fingerprint density at radius 3 is 0.838 bits per heavy atom. The van der Waals surface area contributed by atoms with Crippen LogP contribution in [0.25, 0.3) is 0 Å². The number of rotatable bonds is 52. The van der Waals surface area contributed by atoms with Crippen LogP contribution in [0.3, 0.4) is 0 Å². The molecule has 0 saturated carbocycles. The van der Waals surface area contributed by atoms with E-state index in [4.69, 9.17) is 14.2 Å². The summed E-state index contributed by atoms with van der Waals surface area (Å²) in [6.07, 6.45) is 87.0. The molecule has 0 saturated heterocycles. The molecular weight excluding hydrogens is 913 g/mol. The molecule has 0 amide bonds. The molecule has 0 aliphatic heterocycles. The van der Waals surface area contributed by atoms with Gasteiger partial charge in [0.15, 0.2) is 6.10 Å². The Morgan fingerprint density at radius 1 is 0.284 bits per heavy atom. The van der Waals surface area contributed by atoms with E-state index in [0.717, 1.165) is 180 Å². The van der Waals surface area contributed by atoms with Crippen LogP contribution in [0.1, 0.15) is 245 Å². The lowest BCUT2D eigenvalue weighted by atomic mass is 10.1.